The summed E-state index contributed by atoms with van der Waals surface area (Å²) < 4.78 is 17.3. The fraction of sp³-hybridized carbons (Fsp3) is 0.192. The van der Waals surface area contributed by atoms with Gasteiger partial charge >= 0.3 is 0 Å². The summed E-state index contributed by atoms with van der Waals surface area (Å²) in [5.41, 5.74) is 2.57. The standard InChI is InChI=1S/C26H24O4/c1-26(2,3)19-9-11-20(12-10-19)30-24-17-29-23-15-21(13-14-22(23)25(24)27)28-16-18-7-5-4-6-8-18/h4-15,17H,16H2,1-3H3. The van der Waals surface area contributed by atoms with Gasteiger partial charge in [0.1, 0.15) is 30.0 Å². The average Bonchev–Trinajstić information content (AvgIpc) is 2.75. The molecule has 4 aromatic rings. The van der Waals surface area contributed by atoms with Crippen molar-refractivity contribution in [3.8, 4) is 17.2 Å². The normalized spacial score (nSPS) is 11.4. The van der Waals surface area contributed by atoms with Crippen LogP contribution in [0.5, 0.6) is 17.2 Å². The second-order valence-corrected chi connectivity index (χ2v) is 8.24. The SMILES string of the molecule is CC(C)(C)c1ccc(Oc2coc3cc(OCc4ccccc4)ccc3c2=O)cc1. The van der Waals surface area contributed by atoms with E-state index in [9.17, 15) is 4.79 Å². The first-order valence-corrected chi connectivity index (χ1v) is 9.91. The van der Waals surface area contributed by atoms with Crippen molar-refractivity contribution in [3.05, 3.63) is 100 Å². The number of rotatable bonds is 5. The molecular weight excluding hydrogens is 376 g/mol. The zero-order valence-electron chi connectivity index (χ0n) is 17.3. The molecule has 30 heavy (non-hydrogen) atoms. The summed E-state index contributed by atoms with van der Waals surface area (Å²) in [7, 11) is 0. The molecule has 0 amide bonds. The Morgan fingerprint density at radius 3 is 2.27 bits per heavy atom. The van der Waals surface area contributed by atoms with E-state index in [0.717, 1.165) is 5.56 Å². The lowest BCUT2D eigenvalue weighted by molar-refractivity contribution is 0.306. The summed E-state index contributed by atoms with van der Waals surface area (Å²) in [5.74, 6) is 1.39. The van der Waals surface area contributed by atoms with Crippen molar-refractivity contribution in [3.63, 3.8) is 0 Å². The highest BCUT2D eigenvalue weighted by Gasteiger charge is 2.14. The molecule has 1 heterocycles. The van der Waals surface area contributed by atoms with E-state index in [1.54, 1.807) is 18.2 Å². The molecule has 3 aromatic carbocycles. The van der Waals surface area contributed by atoms with Crippen molar-refractivity contribution < 1.29 is 13.9 Å². The topological polar surface area (TPSA) is 48.7 Å². The molecule has 0 saturated heterocycles. The van der Waals surface area contributed by atoms with Crippen LogP contribution in [0.2, 0.25) is 0 Å². The van der Waals surface area contributed by atoms with Crippen LogP contribution in [0.4, 0.5) is 0 Å². The van der Waals surface area contributed by atoms with Gasteiger partial charge in [-0.2, -0.15) is 0 Å². The van der Waals surface area contributed by atoms with Crippen molar-refractivity contribution in [1.29, 1.82) is 0 Å². The lowest BCUT2D eigenvalue weighted by Gasteiger charge is -2.19. The van der Waals surface area contributed by atoms with Gasteiger partial charge in [0.15, 0.2) is 0 Å². The van der Waals surface area contributed by atoms with Crippen LogP contribution in [0.25, 0.3) is 11.0 Å². The van der Waals surface area contributed by atoms with Crippen LogP contribution in [0.3, 0.4) is 0 Å². The Labute approximate surface area is 175 Å². The van der Waals surface area contributed by atoms with Crippen molar-refractivity contribution in [1.82, 2.24) is 0 Å². The van der Waals surface area contributed by atoms with Crippen molar-refractivity contribution >= 4 is 11.0 Å². The third-order valence-electron chi connectivity index (χ3n) is 4.91. The van der Waals surface area contributed by atoms with Crippen LogP contribution in [0.15, 0.2) is 88.3 Å². The number of hydrogen-bond acceptors (Lipinski definition) is 4. The van der Waals surface area contributed by atoms with Crippen LogP contribution >= 0.6 is 0 Å². The lowest BCUT2D eigenvalue weighted by atomic mass is 9.87. The van der Waals surface area contributed by atoms with Gasteiger partial charge < -0.3 is 13.9 Å². The first-order valence-electron chi connectivity index (χ1n) is 9.91. The van der Waals surface area contributed by atoms with Crippen molar-refractivity contribution in [2.45, 2.75) is 32.8 Å². The van der Waals surface area contributed by atoms with Gasteiger partial charge in [-0.15, -0.1) is 0 Å². The largest absolute Gasteiger partial charge is 0.489 e. The van der Waals surface area contributed by atoms with Gasteiger partial charge in [0, 0.05) is 6.07 Å². The van der Waals surface area contributed by atoms with Crippen LogP contribution in [0, 0.1) is 0 Å². The number of ether oxygens (including phenoxy) is 2. The predicted octanol–water partition coefficient (Wildman–Crippen LogP) is 6.46. The first kappa shape index (κ1) is 19.8. The van der Waals surface area contributed by atoms with Gasteiger partial charge in [0.2, 0.25) is 11.2 Å². The molecule has 1 aromatic heterocycles. The average molecular weight is 400 g/mol. The Hall–Kier alpha value is -3.53. The molecule has 4 heteroatoms. The third-order valence-corrected chi connectivity index (χ3v) is 4.91. The summed E-state index contributed by atoms with van der Waals surface area (Å²) >= 11 is 0. The van der Waals surface area contributed by atoms with E-state index in [4.69, 9.17) is 13.9 Å². The molecule has 0 bridgehead atoms. The van der Waals surface area contributed by atoms with Gasteiger partial charge in [-0.3, -0.25) is 4.79 Å². The molecule has 0 aliphatic rings. The number of benzene rings is 3. The Morgan fingerprint density at radius 1 is 0.867 bits per heavy atom. The van der Waals surface area contributed by atoms with E-state index < -0.39 is 0 Å². The predicted molar refractivity (Wildman–Crippen MR) is 118 cm³/mol. The first-order chi connectivity index (χ1) is 14.4. The maximum absolute atomic E-state index is 12.8. The van der Waals surface area contributed by atoms with Crippen molar-refractivity contribution in [2.75, 3.05) is 0 Å². The highest BCUT2D eigenvalue weighted by Crippen LogP contribution is 2.27. The highest BCUT2D eigenvalue weighted by molar-refractivity contribution is 5.79. The minimum atomic E-state index is -0.217. The molecule has 0 radical (unpaired) electrons. The summed E-state index contributed by atoms with van der Waals surface area (Å²) in [5, 5.41) is 0.450. The van der Waals surface area contributed by atoms with Gasteiger partial charge in [0.05, 0.1) is 5.39 Å². The van der Waals surface area contributed by atoms with Gasteiger partial charge in [-0.05, 0) is 40.8 Å². The number of fused-ring (bicyclic) bond motifs is 1. The number of hydrogen-bond donors (Lipinski definition) is 0. The Morgan fingerprint density at radius 2 is 1.57 bits per heavy atom. The third kappa shape index (κ3) is 4.38. The zero-order valence-corrected chi connectivity index (χ0v) is 17.3. The van der Waals surface area contributed by atoms with Crippen LogP contribution in [-0.4, -0.2) is 0 Å². The van der Waals surface area contributed by atoms with Crippen LogP contribution in [0.1, 0.15) is 31.9 Å². The zero-order chi connectivity index (χ0) is 21.1. The van der Waals surface area contributed by atoms with Gasteiger partial charge in [-0.1, -0.05) is 63.2 Å². The minimum absolute atomic E-state index is 0.0563. The second-order valence-electron chi connectivity index (χ2n) is 8.24. The van der Waals surface area contributed by atoms with E-state index in [2.05, 4.69) is 20.8 Å². The summed E-state index contributed by atoms with van der Waals surface area (Å²) in [4.78, 5) is 12.8. The molecule has 0 atom stereocenters. The van der Waals surface area contributed by atoms with E-state index in [1.165, 1.54) is 11.8 Å². The molecule has 0 aliphatic heterocycles. The molecule has 4 nitrogen and oxygen atoms in total. The lowest BCUT2D eigenvalue weighted by Crippen LogP contribution is -2.10. The monoisotopic (exact) mass is 400 g/mol. The van der Waals surface area contributed by atoms with Gasteiger partial charge in [0.25, 0.3) is 0 Å². The van der Waals surface area contributed by atoms with E-state index in [-0.39, 0.29) is 16.6 Å². The molecule has 0 fully saturated rings. The summed E-state index contributed by atoms with van der Waals surface area (Å²) in [6.45, 7) is 6.90. The molecular formula is C26H24O4. The summed E-state index contributed by atoms with van der Waals surface area (Å²) in [6.07, 6.45) is 1.35. The smallest absolute Gasteiger partial charge is 0.235 e. The van der Waals surface area contributed by atoms with Gasteiger partial charge in [-0.25, -0.2) is 0 Å². The van der Waals surface area contributed by atoms with E-state index >= 15 is 0 Å². The molecule has 0 saturated carbocycles. The molecule has 0 aliphatic carbocycles. The summed E-state index contributed by atoms with van der Waals surface area (Å²) in [6, 6.07) is 22.8. The minimum Gasteiger partial charge on any atom is -0.489 e. The molecule has 152 valence electrons. The maximum atomic E-state index is 12.8. The Bertz CT molecular complexity index is 1200. The van der Waals surface area contributed by atoms with Crippen molar-refractivity contribution in [2.24, 2.45) is 0 Å². The van der Waals surface area contributed by atoms with E-state index in [1.807, 2.05) is 54.6 Å². The fourth-order valence-electron chi connectivity index (χ4n) is 3.14. The Balaban J connectivity index is 1.53. The second kappa shape index (κ2) is 8.07. The quantitative estimate of drug-likeness (QED) is 0.386. The van der Waals surface area contributed by atoms with Crippen LogP contribution in [-0.2, 0) is 12.0 Å². The van der Waals surface area contributed by atoms with Crippen LogP contribution < -0.4 is 14.9 Å². The molecule has 4 rings (SSSR count). The highest BCUT2D eigenvalue weighted by atomic mass is 16.5. The molecule has 0 unspecified atom stereocenters. The molecule has 0 spiro atoms. The molecule has 0 N–H and O–H groups in total. The van der Waals surface area contributed by atoms with E-state index in [0.29, 0.717) is 29.1 Å². The maximum Gasteiger partial charge on any atom is 0.235 e. The fourth-order valence-corrected chi connectivity index (χ4v) is 3.14. The Kier molecular flexibility index (Phi) is 5.32.